The normalized spacial score (nSPS) is 33.9. The van der Waals surface area contributed by atoms with E-state index in [-0.39, 0.29) is 35.4 Å². The second-order valence-corrected chi connectivity index (χ2v) is 9.86. The lowest BCUT2D eigenvalue weighted by atomic mass is 9.59. The number of nitrogens with zero attached hydrogens (tertiary/aromatic N) is 1. The van der Waals surface area contributed by atoms with Crippen LogP contribution in [0.5, 0.6) is 0 Å². The van der Waals surface area contributed by atoms with Crippen molar-refractivity contribution in [3.8, 4) is 0 Å². The highest BCUT2D eigenvalue weighted by atomic mass is 16.6. The topological polar surface area (TPSA) is 49.8 Å². The molecule has 0 aromatic heterocycles. The van der Waals surface area contributed by atoms with Gasteiger partial charge in [-0.15, -0.1) is 0 Å². The summed E-state index contributed by atoms with van der Waals surface area (Å²) in [7, 11) is 2.01. The Kier molecular flexibility index (Phi) is 5.60. The van der Waals surface area contributed by atoms with E-state index in [0.717, 1.165) is 18.4 Å². The first-order chi connectivity index (χ1) is 13.8. The maximum absolute atomic E-state index is 12.8. The summed E-state index contributed by atoms with van der Waals surface area (Å²) >= 11 is 0. The van der Waals surface area contributed by atoms with Crippen molar-refractivity contribution in [2.45, 2.75) is 71.1 Å². The average Bonchev–Trinajstić information content (AvgIpc) is 2.99. The highest BCUT2D eigenvalue weighted by Crippen LogP contribution is 2.55. The Morgan fingerprint density at radius 3 is 2.76 bits per heavy atom. The Labute approximate surface area is 174 Å². The van der Waals surface area contributed by atoms with Gasteiger partial charge in [-0.2, -0.15) is 0 Å². The molecule has 0 unspecified atom stereocenters. The molecule has 0 amide bonds. The molecule has 6 atom stereocenters. The summed E-state index contributed by atoms with van der Waals surface area (Å²) in [4.78, 5) is 14.9. The van der Waals surface area contributed by atoms with Crippen LogP contribution in [-0.4, -0.2) is 41.7 Å². The number of aliphatic hydroxyl groups excluding tert-OH is 1. The number of rotatable bonds is 5. The Morgan fingerprint density at radius 1 is 1.31 bits per heavy atom. The van der Waals surface area contributed by atoms with Gasteiger partial charge in [-0.25, -0.2) is 0 Å². The van der Waals surface area contributed by atoms with Crippen LogP contribution in [-0.2, 0) is 9.53 Å². The maximum Gasteiger partial charge on any atom is 0.310 e. The summed E-state index contributed by atoms with van der Waals surface area (Å²) in [5.74, 6) is 0.109. The van der Waals surface area contributed by atoms with Gasteiger partial charge in [-0.1, -0.05) is 48.4 Å². The van der Waals surface area contributed by atoms with Gasteiger partial charge in [0.25, 0.3) is 0 Å². The van der Waals surface area contributed by atoms with Crippen molar-refractivity contribution in [1.82, 2.24) is 4.90 Å². The summed E-state index contributed by atoms with van der Waals surface area (Å²) in [5.41, 5.74) is 4.25. The van der Waals surface area contributed by atoms with Gasteiger partial charge in [0.05, 0.1) is 12.0 Å². The van der Waals surface area contributed by atoms with Crippen molar-refractivity contribution < 1.29 is 14.6 Å². The van der Waals surface area contributed by atoms with Crippen molar-refractivity contribution in [3.63, 3.8) is 0 Å². The predicted octanol–water partition coefficient (Wildman–Crippen LogP) is 4.50. The smallest absolute Gasteiger partial charge is 0.310 e. The summed E-state index contributed by atoms with van der Waals surface area (Å²) in [5, 5.41) is 10.8. The highest BCUT2D eigenvalue weighted by Gasteiger charge is 2.53. The van der Waals surface area contributed by atoms with Gasteiger partial charge >= 0.3 is 5.97 Å². The number of benzene rings is 1. The standard InChI is InChI=1S/C25H35NO3/c1-16-9-8-12-25(3)14-22-19(13-21(16)25)20(24(28)29-22)15-26(4)17(2)23(27)18-10-6-5-7-11-18/h5-7,10-11,17,19-20,22-23,27H,8-9,12-15H2,1-4H3/t17-,19-,20+,22+,23+,25+/m0/s1. The number of carbonyl (C=O) groups is 1. The molecule has 158 valence electrons. The molecule has 1 aromatic carbocycles. The minimum Gasteiger partial charge on any atom is -0.462 e. The number of carbonyl (C=O) groups excluding carboxylic acids is 1. The summed E-state index contributed by atoms with van der Waals surface area (Å²) < 4.78 is 5.90. The fourth-order valence-electron chi connectivity index (χ4n) is 5.97. The molecule has 1 saturated carbocycles. The molecule has 2 fully saturated rings. The van der Waals surface area contributed by atoms with Crippen LogP contribution in [0.15, 0.2) is 41.5 Å². The fourth-order valence-corrected chi connectivity index (χ4v) is 5.97. The molecule has 0 bridgehead atoms. The molecule has 4 rings (SSSR count). The van der Waals surface area contributed by atoms with Crippen molar-refractivity contribution in [3.05, 3.63) is 47.0 Å². The zero-order chi connectivity index (χ0) is 20.8. The van der Waals surface area contributed by atoms with E-state index < -0.39 is 6.10 Å². The van der Waals surface area contributed by atoms with Crippen molar-refractivity contribution in [2.75, 3.05) is 13.6 Å². The molecule has 1 N–H and O–H groups in total. The number of aliphatic hydroxyl groups is 1. The third-order valence-electron chi connectivity index (χ3n) is 7.96. The minimum absolute atomic E-state index is 0.0475. The second kappa shape index (κ2) is 7.88. The van der Waals surface area contributed by atoms with E-state index in [0.29, 0.717) is 6.54 Å². The van der Waals surface area contributed by atoms with Crippen LogP contribution in [0.3, 0.4) is 0 Å². The lowest BCUT2D eigenvalue weighted by molar-refractivity contribution is -0.145. The van der Waals surface area contributed by atoms with Crippen LogP contribution in [0.1, 0.15) is 64.5 Å². The molecular weight excluding hydrogens is 362 g/mol. The highest BCUT2D eigenvalue weighted by molar-refractivity contribution is 5.76. The Bertz CT molecular complexity index is 789. The number of esters is 1. The van der Waals surface area contributed by atoms with Gasteiger partial charge in [0.15, 0.2) is 0 Å². The van der Waals surface area contributed by atoms with Gasteiger partial charge in [0.1, 0.15) is 6.10 Å². The number of hydrogen-bond acceptors (Lipinski definition) is 4. The van der Waals surface area contributed by atoms with Crippen LogP contribution in [0.2, 0.25) is 0 Å². The number of allylic oxidation sites excluding steroid dienone is 2. The lowest BCUT2D eigenvalue weighted by Gasteiger charge is -2.46. The van der Waals surface area contributed by atoms with E-state index in [9.17, 15) is 9.90 Å². The Balaban J connectivity index is 1.48. The fraction of sp³-hybridized carbons (Fsp3) is 0.640. The van der Waals surface area contributed by atoms with E-state index in [2.05, 4.69) is 18.7 Å². The molecule has 2 aliphatic carbocycles. The number of hydrogen-bond donors (Lipinski definition) is 1. The zero-order valence-electron chi connectivity index (χ0n) is 18.2. The third kappa shape index (κ3) is 3.77. The van der Waals surface area contributed by atoms with Gasteiger partial charge in [0.2, 0.25) is 0 Å². The molecule has 1 aliphatic heterocycles. The summed E-state index contributed by atoms with van der Waals surface area (Å²) in [6.07, 6.45) is 5.10. The molecular formula is C25H35NO3. The summed E-state index contributed by atoms with van der Waals surface area (Å²) in [6, 6.07) is 9.68. The van der Waals surface area contributed by atoms with E-state index in [1.165, 1.54) is 24.8 Å². The van der Waals surface area contributed by atoms with Gasteiger partial charge in [-0.3, -0.25) is 9.69 Å². The molecule has 4 heteroatoms. The molecule has 4 nitrogen and oxygen atoms in total. The lowest BCUT2D eigenvalue weighted by Crippen LogP contribution is -2.43. The Morgan fingerprint density at radius 2 is 2.03 bits per heavy atom. The quantitative estimate of drug-likeness (QED) is 0.587. The molecule has 3 aliphatic rings. The van der Waals surface area contributed by atoms with Gasteiger partial charge in [0, 0.05) is 18.5 Å². The van der Waals surface area contributed by atoms with Crippen LogP contribution in [0.25, 0.3) is 0 Å². The average molecular weight is 398 g/mol. The largest absolute Gasteiger partial charge is 0.462 e. The predicted molar refractivity (Wildman–Crippen MR) is 114 cm³/mol. The number of fused-ring (bicyclic) bond motifs is 2. The minimum atomic E-state index is -0.577. The molecule has 29 heavy (non-hydrogen) atoms. The van der Waals surface area contributed by atoms with Gasteiger partial charge < -0.3 is 9.84 Å². The number of likely N-dealkylation sites (N-methyl/N-ethyl adjacent to an activating group) is 1. The van der Waals surface area contributed by atoms with E-state index in [1.807, 2.05) is 44.3 Å². The van der Waals surface area contributed by atoms with Crippen molar-refractivity contribution in [2.24, 2.45) is 17.3 Å². The second-order valence-electron chi connectivity index (χ2n) is 9.86. The molecule has 0 spiro atoms. The first kappa shape index (κ1) is 20.6. The van der Waals surface area contributed by atoms with Crippen molar-refractivity contribution in [1.29, 1.82) is 0 Å². The Hall–Kier alpha value is -1.65. The van der Waals surface area contributed by atoms with Crippen LogP contribution in [0.4, 0.5) is 0 Å². The van der Waals surface area contributed by atoms with Crippen LogP contribution >= 0.6 is 0 Å². The SMILES string of the molecule is CC1=C2C[C@@H]3[C@@H](C[C@@]2(C)CCC1)OC(=O)[C@@H]3CN(C)[C@@H](C)[C@@H](O)c1ccccc1. The maximum atomic E-state index is 12.8. The summed E-state index contributed by atoms with van der Waals surface area (Å²) in [6.45, 7) is 7.31. The van der Waals surface area contributed by atoms with E-state index in [1.54, 1.807) is 5.57 Å². The van der Waals surface area contributed by atoms with Crippen LogP contribution < -0.4 is 0 Å². The van der Waals surface area contributed by atoms with Crippen LogP contribution in [0, 0.1) is 17.3 Å². The molecule has 1 heterocycles. The number of ether oxygens (including phenoxy) is 1. The van der Waals surface area contributed by atoms with Gasteiger partial charge in [-0.05, 0) is 64.0 Å². The molecule has 1 aromatic rings. The van der Waals surface area contributed by atoms with E-state index >= 15 is 0 Å². The monoisotopic (exact) mass is 397 g/mol. The third-order valence-corrected chi connectivity index (χ3v) is 7.96. The zero-order valence-corrected chi connectivity index (χ0v) is 18.2. The van der Waals surface area contributed by atoms with E-state index in [4.69, 9.17) is 4.74 Å². The first-order valence-electron chi connectivity index (χ1n) is 11.1. The first-order valence-corrected chi connectivity index (χ1v) is 11.1. The van der Waals surface area contributed by atoms with Crippen molar-refractivity contribution >= 4 is 5.97 Å². The molecule has 1 saturated heterocycles. The molecule has 0 radical (unpaired) electrons.